The van der Waals surface area contributed by atoms with Gasteiger partial charge in [-0.1, -0.05) is 12.1 Å². The SMILES string of the molecule is O=C(c1ccc2[nH]ccc2c1)N1Cc2[nH]cnc2C(c2cccc(O)c2)C1. The third-order valence-electron chi connectivity index (χ3n) is 5.19. The summed E-state index contributed by atoms with van der Waals surface area (Å²) in [5, 5.41) is 10.9. The second kappa shape index (κ2) is 6.02. The predicted octanol–water partition coefficient (Wildman–Crippen LogP) is 3.38. The van der Waals surface area contributed by atoms with Gasteiger partial charge in [-0.2, -0.15) is 0 Å². The number of amides is 1. The molecule has 134 valence electrons. The third kappa shape index (κ3) is 2.66. The molecule has 1 unspecified atom stereocenters. The van der Waals surface area contributed by atoms with Crippen molar-refractivity contribution >= 4 is 16.8 Å². The summed E-state index contributed by atoms with van der Waals surface area (Å²) in [7, 11) is 0. The van der Waals surface area contributed by atoms with Gasteiger partial charge in [-0.25, -0.2) is 4.98 Å². The zero-order chi connectivity index (χ0) is 18.4. The van der Waals surface area contributed by atoms with E-state index >= 15 is 0 Å². The zero-order valence-electron chi connectivity index (χ0n) is 14.5. The molecule has 1 atom stereocenters. The first-order chi connectivity index (χ1) is 13.2. The lowest BCUT2D eigenvalue weighted by Gasteiger charge is -2.32. The molecule has 5 rings (SSSR count). The molecule has 0 radical (unpaired) electrons. The van der Waals surface area contributed by atoms with Crippen LogP contribution in [0.1, 0.15) is 33.2 Å². The minimum absolute atomic E-state index is 0.0106. The Labute approximate surface area is 155 Å². The van der Waals surface area contributed by atoms with Crippen molar-refractivity contribution in [2.75, 3.05) is 6.54 Å². The second-order valence-corrected chi connectivity index (χ2v) is 6.88. The van der Waals surface area contributed by atoms with Gasteiger partial charge in [-0.3, -0.25) is 4.79 Å². The highest BCUT2D eigenvalue weighted by atomic mass is 16.3. The summed E-state index contributed by atoms with van der Waals surface area (Å²) in [4.78, 5) is 25.8. The normalized spacial score (nSPS) is 16.4. The highest BCUT2D eigenvalue weighted by molar-refractivity contribution is 5.98. The maximum Gasteiger partial charge on any atom is 0.254 e. The maximum absolute atomic E-state index is 13.2. The fourth-order valence-corrected chi connectivity index (χ4v) is 3.85. The Morgan fingerprint density at radius 2 is 2.07 bits per heavy atom. The van der Waals surface area contributed by atoms with Crippen LogP contribution in [0.15, 0.2) is 61.1 Å². The van der Waals surface area contributed by atoms with Crippen LogP contribution in [0.3, 0.4) is 0 Å². The molecule has 4 aromatic rings. The lowest BCUT2D eigenvalue weighted by atomic mass is 9.90. The number of nitrogens with one attached hydrogen (secondary N) is 2. The van der Waals surface area contributed by atoms with E-state index in [4.69, 9.17) is 0 Å². The second-order valence-electron chi connectivity index (χ2n) is 6.88. The van der Waals surface area contributed by atoms with E-state index in [0.717, 1.165) is 27.9 Å². The Hall–Kier alpha value is -3.54. The van der Waals surface area contributed by atoms with Crippen LogP contribution in [-0.4, -0.2) is 37.4 Å². The molecular weight excluding hydrogens is 340 g/mol. The minimum atomic E-state index is -0.0768. The Bertz CT molecular complexity index is 1140. The van der Waals surface area contributed by atoms with E-state index in [2.05, 4.69) is 15.0 Å². The number of carbonyl (C=O) groups excluding carboxylic acids is 1. The summed E-state index contributed by atoms with van der Waals surface area (Å²) in [6.07, 6.45) is 3.54. The molecule has 3 N–H and O–H groups in total. The molecule has 0 saturated carbocycles. The molecule has 1 amide bonds. The van der Waals surface area contributed by atoms with E-state index in [9.17, 15) is 9.90 Å². The Morgan fingerprint density at radius 1 is 1.15 bits per heavy atom. The van der Waals surface area contributed by atoms with E-state index in [0.29, 0.717) is 18.7 Å². The van der Waals surface area contributed by atoms with Gasteiger partial charge in [0.15, 0.2) is 0 Å². The van der Waals surface area contributed by atoms with Crippen molar-refractivity contribution in [2.24, 2.45) is 0 Å². The van der Waals surface area contributed by atoms with E-state index in [1.807, 2.05) is 47.5 Å². The Kier molecular flexibility index (Phi) is 3.50. The summed E-state index contributed by atoms with van der Waals surface area (Å²) >= 11 is 0. The highest BCUT2D eigenvalue weighted by Gasteiger charge is 2.32. The summed E-state index contributed by atoms with van der Waals surface area (Å²) in [5.74, 6) is 0.126. The first-order valence-corrected chi connectivity index (χ1v) is 8.86. The average molecular weight is 358 g/mol. The quantitative estimate of drug-likeness (QED) is 0.513. The van der Waals surface area contributed by atoms with Crippen molar-refractivity contribution in [3.05, 3.63) is 83.6 Å². The molecule has 0 aliphatic carbocycles. The number of nitrogens with zero attached hydrogens (tertiary/aromatic N) is 2. The number of fused-ring (bicyclic) bond motifs is 2. The predicted molar refractivity (Wildman–Crippen MR) is 102 cm³/mol. The molecule has 0 saturated heterocycles. The molecule has 6 nitrogen and oxygen atoms in total. The number of hydrogen-bond acceptors (Lipinski definition) is 3. The van der Waals surface area contributed by atoms with Gasteiger partial charge in [-0.15, -0.1) is 0 Å². The number of hydrogen-bond donors (Lipinski definition) is 3. The molecule has 6 heteroatoms. The molecule has 0 spiro atoms. The lowest BCUT2D eigenvalue weighted by molar-refractivity contribution is 0.0722. The largest absolute Gasteiger partial charge is 0.508 e. The molecule has 0 fully saturated rings. The number of aromatic hydroxyl groups is 1. The monoisotopic (exact) mass is 358 g/mol. The van der Waals surface area contributed by atoms with E-state index in [-0.39, 0.29) is 17.6 Å². The first kappa shape index (κ1) is 15.7. The fraction of sp³-hybridized carbons (Fsp3) is 0.143. The average Bonchev–Trinajstić information content (AvgIpc) is 3.34. The number of H-pyrrole nitrogens is 2. The van der Waals surface area contributed by atoms with Gasteiger partial charge in [0.05, 0.1) is 24.3 Å². The molecule has 27 heavy (non-hydrogen) atoms. The van der Waals surface area contributed by atoms with Crippen LogP contribution in [0.5, 0.6) is 5.75 Å². The van der Waals surface area contributed by atoms with E-state index < -0.39 is 0 Å². The molecule has 3 heterocycles. The lowest BCUT2D eigenvalue weighted by Crippen LogP contribution is -2.38. The zero-order valence-corrected chi connectivity index (χ0v) is 14.5. The number of carbonyl (C=O) groups is 1. The smallest absolute Gasteiger partial charge is 0.254 e. The number of rotatable bonds is 2. The topological polar surface area (TPSA) is 85.0 Å². The molecule has 2 aromatic carbocycles. The number of aromatic nitrogens is 3. The number of benzene rings is 2. The van der Waals surface area contributed by atoms with Gasteiger partial charge in [0.25, 0.3) is 5.91 Å². The van der Waals surface area contributed by atoms with Gasteiger partial charge >= 0.3 is 0 Å². The summed E-state index contributed by atoms with van der Waals surface area (Å²) in [5.41, 5.74) is 4.50. The number of aromatic amines is 2. The summed E-state index contributed by atoms with van der Waals surface area (Å²) in [6, 6.07) is 14.8. The van der Waals surface area contributed by atoms with Crippen LogP contribution in [-0.2, 0) is 6.54 Å². The molecule has 0 bridgehead atoms. The standard InChI is InChI=1S/C21H18N4O2/c26-16-3-1-2-13(9-16)17-10-25(11-19-20(17)24-12-23-19)21(27)15-4-5-18-14(8-15)6-7-22-18/h1-9,12,17,22,26H,10-11H2,(H,23,24). The van der Waals surface area contributed by atoms with Crippen molar-refractivity contribution in [1.82, 2.24) is 19.9 Å². The summed E-state index contributed by atoms with van der Waals surface area (Å²) < 4.78 is 0. The molecule has 1 aliphatic heterocycles. The first-order valence-electron chi connectivity index (χ1n) is 8.86. The van der Waals surface area contributed by atoms with Crippen molar-refractivity contribution in [2.45, 2.75) is 12.5 Å². The van der Waals surface area contributed by atoms with Crippen molar-refractivity contribution in [1.29, 1.82) is 0 Å². The summed E-state index contributed by atoms with van der Waals surface area (Å²) in [6.45, 7) is 1.01. The molecule has 1 aliphatic rings. The van der Waals surface area contributed by atoms with Gasteiger partial charge in [0.2, 0.25) is 0 Å². The van der Waals surface area contributed by atoms with Crippen LogP contribution < -0.4 is 0 Å². The van der Waals surface area contributed by atoms with Crippen LogP contribution >= 0.6 is 0 Å². The van der Waals surface area contributed by atoms with Crippen LogP contribution in [0.2, 0.25) is 0 Å². The van der Waals surface area contributed by atoms with Crippen LogP contribution in [0.25, 0.3) is 10.9 Å². The number of phenols is 1. The molecular formula is C21H18N4O2. The van der Waals surface area contributed by atoms with Crippen molar-refractivity contribution in [3.63, 3.8) is 0 Å². The van der Waals surface area contributed by atoms with Gasteiger partial charge in [-0.05, 0) is 42.0 Å². The highest BCUT2D eigenvalue weighted by Crippen LogP contribution is 2.33. The van der Waals surface area contributed by atoms with E-state index in [1.54, 1.807) is 18.5 Å². The number of imidazole rings is 1. The van der Waals surface area contributed by atoms with E-state index in [1.165, 1.54) is 0 Å². The minimum Gasteiger partial charge on any atom is -0.508 e. The number of phenolic OH excluding ortho intramolecular Hbond substituents is 1. The Morgan fingerprint density at radius 3 is 2.96 bits per heavy atom. The van der Waals surface area contributed by atoms with Crippen molar-refractivity contribution in [3.8, 4) is 5.75 Å². The third-order valence-corrected chi connectivity index (χ3v) is 5.19. The van der Waals surface area contributed by atoms with Crippen LogP contribution in [0.4, 0.5) is 0 Å². The van der Waals surface area contributed by atoms with Gasteiger partial charge in [0, 0.05) is 35.1 Å². The van der Waals surface area contributed by atoms with Gasteiger partial charge < -0.3 is 20.0 Å². The Balaban J connectivity index is 1.51. The fourth-order valence-electron chi connectivity index (χ4n) is 3.85. The van der Waals surface area contributed by atoms with Crippen molar-refractivity contribution < 1.29 is 9.90 Å². The molecule has 2 aromatic heterocycles. The van der Waals surface area contributed by atoms with Crippen LogP contribution in [0, 0.1) is 0 Å². The maximum atomic E-state index is 13.2. The van der Waals surface area contributed by atoms with Gasteiger partial charge in [0.1, 0.15) is 5.75 Å².